The Kier molecular flexibility index (Phi) is 6.28. The molecule has 4 rings (SSSR count). The molecule has 1 amide bonds. The zero-order chi connectivity index (χ0) is 24.5. The first-order valence-corrected chi connectivity index (χ1v) is 10.8. The van der Waals surface area contributed by atoms with Crippen LogP contribution in [0, 0.1) is 0 Å². The maximum Gasteiger partial charge on any atom is 0.471 e. The summed E-state index contributed by atoms with van der Waals surface area (Å²) in [5.41, 5.74) is 1.93. The second-order valence-corrected chi connectivity index (χ2v) is 9.09. The van der Waals surface area contributed by atoms with E-state index in [-0.39, 0.29) is 17.8 Å². The van der Waals surface area contributed by atoms with Crippen LogP contribution >= 0.6 is 0 Å². The lowest BCUT2D eigenvalue weighted by Gasteiger charge is -2.33. The van der Waals surface area contributed by atoms with E-state index in [1.165, 1.54) is 0 Å². The molecule has 1 aliphatic rings. The molecule has 1 atom stereocenters. The Morgan fingerprint density at radius 1 is 1.09 bits per heavy atom. The fraction of sp³-hybridized carbons (Fsp3) is 0.435. The van der Waals surface area contributed by atoms with Crippen LogP contribution in [0.25, 0.3) is 22.6 Å². The zero-order valence-corrected chi connectivity index (χ0v) is 19.0. The molecule has 3 aromatic rings. The number of ether oxygens (including phenoxy) is 1. The van der Waals surface area contributed by atoms with Crippen molar-refractivity contribution < 1.29 is 27.2 Å². The van der Waals surface area contributed by atoms with Crippen LogP contribution in [0.15, 0.2) is 41.2 Å². The second kappa shape index (κ2) is 9.03. The first-order valence-electron chi connectivity index (χ1n) is 10.8. The van der Waals surface area contributed by atoms with Crippen molar-refractivity contribution in [3.8, 4) is 22.6 Å². The van der Waals surface area contributed by atoms with Gasteiger partial charge in [-0.05, 0) is 33.6 Å². The van der Waals surface area contributed by atoms with Crippen LogP contribution in [0.5, 0.6) is 0 Å². The number of hydrogen-bond donors (Lipinski definition) is 0. The molecule has 0 radical (unpaired) electrons. The number of nitrogens with zero attached hydrogens (tertiary/aromatic N) is 5. The Morgan fingerprint density at radius 2 is 1.79 bits per heavy atom. The third-order valence-corrected chi connectivity index (χ3v) is 5.25. The molecule has 0 unspecified atom stereocenters. The van der Waals surface area contributed by atoms with Crippen LogP contribution in [-0.4, -0.2) is 49.8 Å². The highest BCUT2D eigenvalue weighted by Gasteiger charge is 2.38. The molecule has 1 aliphatic heterocycles. The smallest absolute Gasteiger partial charge is 0.444 e. The number of rotatable bonds is 3. The largest absolute Gasteiger partial charge is 0.471 e. The fourth-order valence-electron chi connectivity index (χ4n) is 3.67. The number of amides is 1. The van der Waals surface area contributed by atoms with Gasteiger partial charge >= 0.3 is 18.2 Å². The molecule has 1 saturated heterocycles. The van der Waals surface area contributed by atoms with E-state index in [1.54, 1.807) is 41.6 Å². The summed E-state index contributed by atoms with van der Waals surface area (Å²) in [5.74, 6) is -1.52. The number of piperidine rings is 1. The predicted molar refractivity (Wildman–Crippen MR) is 116 cm³/mol. The molecule has 0 saturated carbocycles. The predicted octanol–water partition coefficient (Wildman–Crippen LogP) is 5.33. The van der Waals surface area contributed by atoms with Crippen LogP contribution in [0.2, 0.25) is 0 Å². The van der Waals surface area contributed by atoms with Gasteiger partial charge in [0.2, 0.25) is 5.82 Å². The van der Waals surface area contributed by atoms with Crippen molar-refractivity contribution in [1.29, 1.82) is 0 Å². The highest BCUT2D eigenvalue weighted by Crippen LogP contribution is 2.31. The molecular formula is C23H24F3N5O3. The Balaban J connectivity index is 1.49. The van der Waals surface area contributed by atoms with Gasteiger partial charge in [0.1, 0.15) is 5.60 Å². The average Bonchev–Trinajstić information content (AvgIpc) is 3.29. The third-order valence-electron chi connectivity index (χ3n) is 5.25. The number of aromatic nitrogens is 4. The number of benzene rings is 1. The van der Waals surface area contributed by atoms with E-state index >= 15 is 0 Å². The van der Waals surface area contributed by atoms with Gasteiger partial charge in [0, 0.05) is 36.3 Å². The first-order chi connectivity index (χ1) is 16.0. The van der Waals surface area contributed by atoms with Gasteiger partial charge < -0.3 is 14.2 Å². The van der Waals surface area contributed by atoms with Gasteiger partial charge in [-0.25, -0.2) is 9.78 Å². The Hall–Kier alpha value is -3.50. The van der Waals surface area contributed by atoms with E-state index in [0.29, 0.717) is 24.3 Å². The van der Waals surface area contributed by atoms with Gasteiger partial charge in [0.25, 0.3) is 0 Å². The van der Waals surface area contributed by atoms with Crippen molar-refractivity contribution in [2.45, 2.75) is 51.3 Å². The van der Waals surface area contributed by atoms with Crippen molar-refractivity contribution in [3.63, 3.8) is 0 Å². The van der Waals surface area contributed by atoms with Crippen LogP contribution in [0.4, 0.5) is 18.0 Å². The Bertz CT molecular complexity index is 1160. The van der Waals surface area contributed by atoms with Gasteiger partial charge in [0.15, 0.2) is 0 Å². The number of carbonyl (C=O) groups is 1. The number of hydrogen-bond acceptors (Lipinski definition) is 7. The molecule has 11 heteroatoms. The van der Waals surface area contributed by atoms with E-state index in [2.05, 4.69) is 19.6 Å². The molecule has 0 bridgehead atoms. The lowest BCUT2D eigenvalue weighted by Crippen LogP contribution is -2.42. The molecule has 2 aromatic heterocycles. The lowest BCUT2D eigenvalue weighted by molar-refractivity contribution is -0.159. The summed E-state index contributed by atoms with van der Waals surface area (Å²) in [6.45, 7) is 6.62. The maximum absolute atomic E-state index is 12.7. The normalized spacial score (nSPS) is 17.0. The first kappa shape index (κ1) is 23.7. The quantitative estimate of drug-likeness (QED) is 0.506. The molecule has 1 aromatic carbocycles. The third kappa shape index (κ3) is 5.52. The summed E-state index contributed by atoms with van der Waals surface area (Å²) >= 11 is 0. The molecule has 8 nitrogen and oxygen atoms in total. The lowest BCUT2D eigenvalue weighted by atomic mass is 9.95. The Labute approximate surface area is 194 Å². The minimum Gasteiger partial charge on any atom is -0.444 e. The second-order valence-electron chi connectivity index (χ2n) is 9.09. The molecule has 3 heterocycles. The van der Waals surface area contributed by atoms with Gasteiger partial charge in [-0.1, -0.05) is 29.4 Å². The molecule has 0 N–H and O–H groups in total. The van der Waals surface area contributed by atoms with Crippen molar-refractivity contribution in [3.05, 3.63) is 48.2 Å². The van der Waals surface area contributed by atoms with Gasteiger partial charge in [-0.15, -0.1) is 0 Å². The van der Waals surface area contributed by atoms with E-state index in [9.17, 15) is 18.0 Å². The SMILES string of the molecule is CC(C)(C)OC(=O)N1CCC[C@H](c2cncc(-c3ccc(-c4noc(C(F)(F)F)n4)cc3)n2)C1. The van der Waals surface area contributed by atoms with Crippen molar-refractivity contribution in [2.75, 3.05) is 13.1 Å². The summed E-state index contributed by atoms with van der Waals surface area (Å²) in [6, 6.07) is 6.61. The Morgan fingerprint density at radius 3 is 2.44 bits per heavy atom. The summed E-state index contributed by atoms with van der Waals surface area (Å²) in [6.07, 6.45) is -0.0287. The van der Waals surface area contributed by atoms with Crippen LogP contribution in [0.3, 0.4) is 0 Å². The summed E-state index contributed by atoms with van der Waals surface area (Å²) in [4.78, 5) is 26.6. The highest BCUT2D eigenvalue weighted by atomic mass is 19.4. The maximum atomic E-state index is 12.7. The van der Waals surface area contributed by atoms with E-state index in [4.69, 9.17) is 9.72 Å². The van der Waals surface area contributed by atoms with Crippen LogP contribution < -0.4 is 0 Å². The molecule has 34 heavy (non-hydrogen) atoms. The fourth-order valence-corrected chi connectivity index (χ4v) is 3.67. The molecule has 1 fully saturated rings. The standard InChI is InChI=1S/C23H24F3N5O3/c1-22(2,3)33-21(32)31-10-4-5-16(13-31)18-12-27-11-17(28-18)14-6-8-15(9-7-14)19-29-20(34-30-19)23(24,25)26/h6-9,11-12,16H,4-5,10,13H2,1-3H3/t16-/m0/s1. The molecular weight excluding hydrogens is 451 g/mol. The minimum absolute atomic E-state index is 0.0214. The number of carbonyl (C=O) groups excluding carboxylic acids is 1. The van der Waals surface area contributed by atoms with E-state index in [0.717, 1.165) is 24.1 Å². The summed E-state index contributed by atoms with van der Waals surface area (Å²) in [7, 11) is 0. The number of halogens is 3. The zero-order valence-electron chi connectivity index (χ0n) is 19.0. The molecule has 180 valence electrons. The van der Waals surface area contributed by atoms with Crippen LogP contribution in [-0.2, 0) is 10.9 Å². The average molecular weight is 475 g/mol. The van der Waals surface area contributed by atoms with Crippen molar-refractivity contribution in [1.82, 2.24) is 25.0 Å². The highest BCUT2D eigenvalue weighted by molar-refractivity contribution is 5.68. The number of likely N-dealkylation sites (tertiary alicyclic amines) is 1. The van der Waals surface area contributed by atoms with E-state index in [1.807, 2.05) is 20.8 Å². The molecule has 0 aliphatic carbocycles. The van der Waals surface area contributed by atoms with Crippen molar-refractivity contribution >= 4 is 6.09 Å². The summed E-state index contributed by atoms with van der Waals surface area (Å²) < 4.78 is 47.9. The number of alkyl halides is 3. The minimum atomic E-state index is -4.70. The van der Waals surface area contributed by atoms with Gasteiger partial charge in [-0.2, -0.15) is 18.2 Å². The topological polar surface area (TPSA) is 94.2 Å². The monoisotopic (exact) mass is 475 g/mol. The van der Waals surface area contributed by atoms with Crippen molar-refractivity contribution in [2.24, 2.45) is 0 Å². The molecule has 0 spiro atoms. The van der Waals surface area contributed by atoms with Crippen LogP contribution in [0.1, 0.15) is 51.1 Å². The van der Waals surface area contributed by atoms with Gasteiger partial charge in [-0.3, -0.25) is 4.98 Å². The van der Waals surface area contributed by atoms with E-state index < -0.39 is 17.7 Å². The summed E-state index contributed by atoms with van der Waals surface area (Å²) in [5, 5.41) is 3.40. The van der Waals surface area contributed by atoms with Gasteiger partial charge in [0.05, 0.1) is 17.6 Å².